The second kappa shape index (κ2) is 6.77. The lowest BCUT2D eigenvalue weighted by molar-refractivity contribution is -0.180. The van der Waals surface area contributed by atoms with Crippen molar-refractivity contribution >= 4 is 23.8 Å². The maximum absolute atomic E-state index is 12.8. The Morgan fingerprint density at radius 2 is 1.81 bits per heavy atom. The Kier molecular flexibility index (Phi) is 5.21. The highest BCUT2D eigenvalue weighted by Crippen LogP contribution is 2.34. The van der Waals surface area contributed by atoms with Gasteiger partial charge >= 0.3 is 6.09 Å². The fraction of sp³-hybridized carbons (Fsp3) is 0.765. The Bertz CT molecular complexity index is 627. The lowest BCUT2D eigenvalue weighted by atomic mass is 9.83. The number of piperazine rings is 1. The van der Waals surface area contributed by atoms with E-state index in [1.54, 1.807) is 39.5 Å². The normalized spacial score (nSPS) is 23.3. The van der Waals surface area contributed by atoms with Gasteiger partial charge in [0.15, 0.2) is 5.54 Å². The SMILES string of the molecule is CC(C)C(=O)N1CCN(C(=O)OC(C)(C)C)CC12CN(CC(N)=O)C2=O. The van der Waals surface area contributed by atoms with Gasteiger partial charge in [-0.15, -0.1) is 0 Å². The van der Waals surface area contributed by atoms with E-state index < -0.39 is 23.1 Å². The maximum Gasteiger partial charge on any atom is 0.410 e. The Hall–Kier alpha value is -2.32. The average molecular weight is 368 g/mol. The quantitative estimate of drug-likeness (QED) is 0.693. The van der Waals surface area contributed by atoms with Crippen LogP contribution in [0, 0.1) is 5.92 Å². The van der Waals surface area contributed by atoms with Crippen LogP contribution in [0.5, 0.6) is 0 Å². The molecular weight excluding hydrogens is 340 g/mol. The van der Waals surface area contributed by atoms with Gasteiger partial charge in [0, 0.05) is 19.0 Å². The van der Waals surface area contributed by atoms with E-state index in [-0.39, 0.29) is 50.5 Å². The first-order chi connectivity index (χ1) is 11.9. The number of rotatable bonds is 3. The number of carbonyl (C=O) groups is 4. The second-order valence-electron chi connectivity index (χ2n) is 8.21. The molecule has 0 bridgehead atoms. The van der Waals surface area contributed by atoms with Crippen molar-refractivity contribution in [3.63, 3.8) is 0 Å². The number of ether oxygens (including phenoxy) is 1. The third-order valence-corrected chi connectivity index (χ3v) is 4.46. The number of nitrogens with zero attached hydrogens (tertiary/aromatic N) is 3. The predicted octanol–water partition coefficient (Wildman–Crippen LogP) is -0.212. The molecular formula is C17H28N4O5. The molecule has 2 rings (SSSR count). The van der Waals surface area contributed by atoms with E-state index in [2.05, 4.69) is 0 Å². The highest BCUT2D eigenvalue weighted by Gasteiger charge is 2.60. The summed E-state index contributed by atoms with van der Waals surface area (Å²) in [6.45, 7) is 9.39. The van der Waals surface area contributed by atoms with Gasteiger partial charge in [0.2, 0.25) is 11.8 Å². The lowest BCUT2D eigenvalue weighted by Gasteiger charge is -2.58. The van der Waals surface area contributed by atoms with E-state index >= 15 is 0 Å². The zero-order valence-electron chi connectivity index (χ0n) is 16.1. The molecule has 9 heteroatoms. The number of hydrogen-bond donors (Lipinski definition) is 1. The smallest absolute Gasteiger partial charge is 0.410 e. The fourth-order valence-electron chi connectivity index (χ4n) is 3.32. The standard InChI is InChI=1S/C17H28N4O5/c1-11(2)13(23)21-7-6-19(15(25)26-16(3,4)5)9-17(21)10-20(14(17)24)8-12(18)22/h11H,6-10H2,1-5H3,(H2,18,22). The van der Waals surface area contributed by atoms with Gasteiger partial charge in [-0.25, -0.2) is 4.79 Å². The van der Waals surface area contributed by atoms with E-state index in [1.807, 2.05) is 0 Å². The van der Waals surface area contributed by atoms with Crippen molar-refractivity contribution in [1.29, 1.82) is 0 Å². The summed E-state index contributed by atoms with van der Waals surface area (Å²) in [5, 5.41) is 0. The van der Waals surface area contributed by atoms with Gasteiger partial charge in [-0.05, 0) is 20.8 Å². The van der Waals surface area contributed by atoms with Crippen LogP contribution in [0.4, 0.5) is 4.79 Å². The maximum atomic E-state index is 12.8. The lowest BCUT2D eigenvalue weighted by Crippen LogP contribution is -2.81. The molecule has 2 heterocycles. The van der Waals surface area contributed by atoms with Gasteiger partial charge < -0.3 is 25.2 Å². The highest BCUT2D eigenvalue weighted by atomic mass is 16.6. The van der Waals surface area contributed by atoms with Gasteiger partial charge in [0.1, 0.15) is 5.60 Å². The molecule has 0 saturated carbocycles. The number of amides is 4. The largest absolute Gasteiger partial charge is 0.444 e. The number of carbonyl (C=O) groups excluding carboxylic acids is 4. The van der Waals surface area contributed by atoms with E-state index in [0.717, 1.165) is 0 Å². The van der Waals surface area contributed by atoms with Gasteiger partial charge in [-0.1, -0.05) is 13.8 Å². The summed E-state index contributed by atoms with van der Waals surface area (Å²) in [5.74, 6) is -1.41. The van der Waals surface area contributed by atoms with Crippen LogP contribution in [0.25, 0.3) is 0 Å². The van der Waals surface area contributed by atoms with Crippen molar-refractivity contribution in [2.75, 3.05) is 32.7 Å². The van der Waals surface area contributed by atoms with Crippen molar-refractivity contribution < 1.29 is 23.9 Å². The van der Waals surface area contributed by atoms with E-state index in [4.69, 9.17) is 10.5 Å². The van der Waals surface area contributed by atoms with Crippen molar-refractivity contribution in [3.05, 3.63) is 0 Å². The third-order valence-electron chi connectivity index (χ3n) is 4.46. The molecule has 2 aliphatic heterocycles. The van der Waals surface area contributed by atoms with Crippen LogP contribution in [0.1, 0.15) is 34.6 Å². The zero-order chi connectivity index (χ0) is 19.9. The summed E-state index contributed by atoms with van der Waals surface area (Å²) < 4.78 is 5.39. The molecule has 0 aromatic carbocycles. The summed E-state index contributed by atoms with van der Waals surface area (Å²) >= 11 is 0. The van der Waals surface area contributed by atoms with Gasteiger partial charge in [0.25, 0.3) is 5.91 Å². The highest BCUT2D eigenvalue weighted by molar-refractivity contribution is 5.99. The van der Waals surface area contributed by atoms with Crippen LogP contribution in [0.15, 0.2) is 0 Å². The van der Waals surface area contributed by atoms with Gasteiger partial charge in [-0.2, -0.15) is 0 Å². The molecule has 26 heavy (non-hydrogen) atoms. The van der Waals surface area contributed by atoms with E-state index in [1.165, 1.54) is 9.80 Å². The first-order valence-electron chi connectivity index (χ1n) is 8.74. The van der Waals surface area contributed by atoms with E-state index in [9.17, 15) is 19.2 Å². The molecule has 2 fully saturated rings. The van der Waals surface area contributed by atoms with Gasteiger partial charge in [0.05, 0.1) is 19.6 Å². The van der Waals surface area contributed by atoms with Crippen LogP contribution in [0.3, 0.4) is 0 Å². The Morgan fingerprint density at radius 1 is 1.19 bits per heavy atom. The predicted molar refractivity (Wildman–Crippen MR) is 92.9 cm³/mol. The van der Waals surface area contributed by atoms with Crippen LogP contribution < -0.4 is 5.73 Å². The topological polar surface area (TPSA) is 113 Å². The molecule has 4 amide bonds. The monoisotopic (exact) mass is 368 g/mol. The summed E-state index contributed by atoms with van der Waals surface area (Å²) in [6, 6.07) is 0. The molecule has 2 aliphatic rings. The molecule has 146 valence electrons. The minimum absolute atomic E-state index is 0.0501. The van der Waals surface area contributed by atoms with Crippen LogP contribution in [0.2, 0.25) is 0 Å². The summed E-state index contributed by atoms with van der Waals surface area (Å²) in [6.07, 6.45) is -0.519. The molecule has 2 N–H and O–H groups in total. The van der Waals surface area contributed by atoms with Crippen molar-refractivity contribution in [2.24, 2.45) is 11.7 Å². The summed E-state index contributed by atoms with van der Waals surface area (Å²) in [7, 11) is 0. The third kappa shape index (κ3) is 3.76. The number of hydrogen-bond acceptors (Lipinski definition) is 5. The van der Waals surface area contributed by atoms with E-state index in [0.29, 0.717) is 0 Å². The van der Waals surface area contributed by atoms with Crippen LogP contribution >= 0.6 is 0 Å². The number of likely N-dealkylation sites (tertiary alicyclic amines) is 1. The first-order valence-corrected chi connectivity index (χ1v) is 8.74. The van der Waals surface area contributed by atoms with Gasteiger partial charge in [-0.3, -0.25) is 14.4 Å². The zero-order valence-corrected chi connectivity index (χ0v) is 16.1. The molecule has 1 unspecified atom stereocenters. The van der Waals surface area contributed by atoms with Crippen LogP contribution in [-0.4, -0.2) is 82.4 Å². The molecule has 9 nitrogen and oxygen atoms in total. The Balaban J connectivity index is 2.23. The Labute approximate surface area is 153 Å². The van der Waals surface area contributed by atoms with Crippen LogP contribution in [-0.2, 0) is 19.1 Å². The molecule has 0 aliphatic carbocycles. The molecule has 1 spiro atoms. The van der Waals surface area contributed by atoms with Crippen molar-refractivity contribution in [1.82, 2.24) is 14.7 Å². The minimum atomic E-state index is -1.15. The summed E-state index contributed by atoms with van der Waals surface area (Å²) in [4.78, 5) is 53.3. The fourth-order valence-corrected chi connectivity index (χ4v) is 3.32. The van der Waals surface area contributed by atoms with Crippen molar-refractivity contribution in [3.8, 4) is 0 Å². The molecule has 1 atom stereocenters. The molecule has 0 aromatic rings. The minimum Gasteiger partial charge on any atom is -0.444 e. The van der Waals surface area contributed by atoms with Crippen molar-refractivity contribution in [2.45, 2.75) is 45.8 Å². The molecule has 0 radical (unpaired) electrons. The second-order valence-corrected chi connectivity index (χ2v) is 8.21. The molecule has 0 aromatic heterocycles. The average Bonchev–Trinajstić information content (AvgIpc) is 2.51. The first kappa shape index (κ1) is 20.0. The number of nitrogens with two attached hydrogens (primary N) is 1. The Morgan fingerprint density at radius 3 is 2.27 bits per heavy atom. The molecule has 2 saturated heterocycles. The number of β-lactam (4-membered cyclic amide) rings is 1. The number of primary amides is 1. The summed E-state index contributed by atoms with van der Waals surface area (Å²) in [5.41, 5.74) is 3.37.